The molecule has 0 saturated carbocycles. The van der Waals surface area contributed by atoms with Crippen molar-refractivity contribution in [2.24, 2.45) is 0 Å². The topological polar surface area (TPSA) is 29.1 Å². The summed E-state index contributed by atoms with van der Waals surface area (Å²) >= 11 is 8.97. The van der Waals surface area contributed by atoms with Crippen molar-refractivity contribution in [3.63, 3.8) is 0 Å². The van der Waals surface area contributed by atoms with Crippen LogP contribution in [0.15, 0.2) is 22.7 Å². The maximum absolute atomic E-state index is 9.90. The minimum atomic E-state index is 0.489. The number of rotatable bonds is 2. The molecular formula is C7H4BrClNO. The van der Waals surface area contributed by atoms with Crippen molar-refractivity contribution >= 4 is 39.6 Å². The maximum atomic E-state index is 9.90. The van der Waals surface area contributed by atoms with Crippen molar-refractivity contribution in [3.8, 4) is 0 Å². The lowest BCUT2D eigenvalue weighted by molar-refractivity contribution is 0.561. The van der Waals surface area contributed by atoms with Gasteiger partial charge in [0.1, 0.15) is 0 Å². The van der Waals surface area contributed by atoms with Crippen LogP contribution in [0.3, 0.4) is 0 Å². The van der Waals surface area contributed by atoms with Crippen LogP contribution in [0.25, 0.3) is 0 Å². The van der Waals surface area contributed by atoms with Crippen molar-refractivity contribution in [3.05, 3.63) is 27.7 Å². The molecular weight excluding hydrogens is 229 g/mol. The summed E-state index contributed by atoms with van der Waals surface area (Å²) < 4.78 is 0.874. The van der Waals surface area contributed by atoms with Crippen molar-refractivity contribution in [2.45, 2.75) is 0 Å². The van der Waals surface area contributed by atoms with E-state index in [4.69, 9.17) is 11.6 Å². The molecule has 0 unspecified atom stereocenters. The van der Waals surface area contributed by atoms with Gasteiger partial charge in [0.05, 0.1) is 10.7 Å². The SMILES string of the molecule is O=[C]Nc1ccc(Br)cc1Cl. The van der Waals surface area contributed by atoms with Gasteiger partial charge in [-0.2, -0.15) is 0 Å². The fourth-order valence-corrected chi connectivity index (χ4v) is 1.37. The lowest BCUT2D eigenvalue weighted by Gasteiger charge is -2.00. The molecule has 11 heavy (non-hydrogen) atoms. The summed E-state index contributed by atoms with van der Waals surface area (Å²) in [6.07, 6.45) is 1.54. The summed E-state index contributed by atoms with van der Waals surface area (Å²) in [4.78, 5) is 9.90. The zero-order valence-electron chi connectivity index (χ0n) is 5.40. The van der Waals surface area contributed by atoms with Crippen molar-refractivity contribution in [2.75, 3.05) is 5.32 Å². The Kier molecular flexibility index (Phi) is 2.91. The molecule has 0 aliphatic rings. The molecule has 0 bridgehead atoms. The van der Waals surface area contributed by atoms with Gasteiger partial charge in [0, 0.05) is 4.47 Å². The van der Waals surface area contributed by atoms with Crippen LogP contribution in [-0.2, 0) is 4.79 Å². The van der Waals surface area contributed by atoms with Crippen LogP contribution < -0.4 is 5.32 Å². The van der Waals surface area contributed by atoms with Gasteiger partial charge in [0.2, 0.25) is 0 Å². The molecule has 1 radical (unpaired) electrons. The Balaban J connectivity index is 2.98. The fourth-order valence-electron chi connectivity index (χ4n) is 0.646. The standard InChI is InChI=1S/C7H4BrClNO/c8-5-1-2-7(10-4-11)6(9)3-5/h1-3H,(H,10,11). The van der Waals surface area contributed by atoms with Gasteiger partial charge in [0.15, 0.2) is 0 Å². The summed E-state index contributed by atoms with van der Waals surface area (Å²) in [6.45, 7) is 0. The zero-order valence-corrected chi connectivity index (χ0v) is 7.74. The Hall–Kier alpha value is -0.540. The van der Waals surface area contributed by atoms with E-state index >= 15 is 0 Å². The van der Waals surface area contributed by atoms with E-state index in [0.717, 1.165) is 4.47 Å². The van der Waals surface area contributed by atoms with E-state index in [0.29, 0.717) is 10.7 Å². The number of carbonyl (C=O) groups excluding carboxylic acids is 1. The second-order valence-corrected chi connectivity index (χ2v) is 3.17. The van der Waals surface area contributed by atoms with E-state index < -0.39 is 0 Å². The Morgan fingerprint density at radius 2 is 2.27 bits per heavy atom. The highest BCUT2D eigenvalue weighted by Crippen LogP contribution is 2.24. The first-order valence-corrected chi connectivity index (χ1v) is 3.99. The van der Waals surface area contributed by atoms with Gasteiger partial charge < -0.3 is 5.32 Å². The third-order valence-corrected chi connectivity index (χ3v) is 1.92. The first-order valence-electron chi connectivity index (χ1n) is 2.82. The average molecular weight is 233 g/mol. The number of hydrogen-bond donors (Lipinski definition) is 1. The van der Waals surface area contributed by atoms with Gasteiger partial charge in [-0.3, -0.25) is 4.79 Å². The number of hydrogen-bond acceptors (Lipinski definition) is 1. The Morgan fingerprint density at radius 3 is 2.82 bits per heavy atom. The molecule has 0 saturated heterocycles. The lowest BCUT2D eigenvalue weighted by Crippen LogP contribution is -1.93. The second-order valence-electron chi connectivity index (χ2n) is 1.85. The largest absolute Gasteiger partial charge is 0.316 e. The molecule has 0 aliphatic heterocycles. The van der Waals surface area contributed by atoms with Crippen LogP contribution in [-0.4, -0.2) is 6.41 Å². The number of nitrogens with one attached hydrogen (secondary N) is 1. The second kappa shape index (κ2) is 3.74. The van der Waals surface area contributed by atoms with E-state index in [9.17, 15) is 4.79 Å². The highest BCUT2D eigenvalue weighted by Gasteiger charge is 1.98. The average Bonchev–Trinajstić information content (AvgIpc) is 1.95. The van der Waals surface area contributed by atoms with Gasteiger partial charge in [-0.05, 0) is 18.2 Å². The fraction of sp³-hybridized carbons (Fsp3) is 0. The van der Waals surface area contributed by atoms with Gasteiger partial charge in [-0.15, -0.1) is 0 Å². The van der Waals surface area contributed by atoms with E-state index in [2.05, 4.69) is 21.2 Å². The van der Waals surface area contributed by atoms with Crippen LogP contribution in [0, 0.1) is 0 Å². The van der Waals surface area contributed by atoms with Crippen molar-refractivity contribution in [1.82, 2.24) is 0 Å². The molecule has 1 aromatic carbocycles. The molecule has 0 aromatic heterocycles. The van der Waals surface area contributed by atoms with E-state index in [1.54, 1.807) is 24.6 Å². The molecule has 1 amide bonds. The van der Waals surface area contributed by atoms with Crippen molar-refractivity contribution < 1.29 is 4.79 Å². The molecule has 0 heterocycles. The maximum Gasteiger partial charge on any atom is 0.314 e. The quantitative estimate of drug-likeness (QED) is 0.782. The molecule has 1 aromatic rings. The predicted octanol–water partition coefficient (Wildman–Crippen LogP) is 2.58. The molecule has 1 rings (SSSR count). The molecule has 0 atom stereocenters. The summed E-state index contributed by atoms with van der Waals surface area (Å²) in [5.41, 5.74) is 0.560. The number of anilines is 1. The van der Waals surface area contributed by atoms with Gasteiger partial charge in [0.25, 0.3) is 0 Å². The summed E-state index contributed by atoms with van der Waals surface area (Å²) in [5, 5.41) is 2.83. The van der Waals surface area contributed by atoms with E-state index in [1.807, 2.05) is 0 Å². The molecule has 0 aliphatic carbocycles. The highest BCUT2D eigenvalue weighted by atomic mass is 79.9. The molecule has 4 heteroatoms. The Bertz CT molecular complexity index is 277. The highest BCUT2D eigenvalue weighted by molar-refractivity contribution is 9.10. The molecule has 2 nitrogen and oxygen atoms in total. The number of amides is 1. The first kappa shape index (κ1) is 8.56. The van der Waals surface area contributed by atoms with Gasteiger partial charge in [-0.1, -0.05) is 27.5 Å². The summed E-state index contributed by atoms with van der Waals surface area (Å²) in [5.74, 6) is 0. The summed E-state index contributed by atoms with van der Waals surface area (Å²) in [7, 11) is 0. The molecule has 57 valence electrons. The van der Waals surface area contributed by atoms with E-state index in [-0.39, 0.29) is 0 Å². The number of halogens is 2. The minimum absolute atomic E-state index is 0.489. The van der Waals surface area contributed by atoms with Crippen molar-refractivity contribution in [1.29, 1.82) is 0 Å². The van der Waals surface area contributed by atoms with Crippen LogP contribution in [0.5, 0.6) is 0 Å². The smallest absolute Gasteiger partial charge is 0.314 e. The zero-order chi connectivity index (χ0) is 8.27. The minimum Gasteiger partial charge on any atom is -0.316 e. The molecule has 0 fully saturated rings. The Morgan fingerprint density at radius 1 is 1.55 bits per heavy atom. The van der Waals surface area contributed by atoms with Gasteiger partial charge in [-0.25, -0.2) is 0 Å². The van der Waals surface area contributed by atoms with Crippen LogP contribution in [0.4, 0.5) is 5.69 Å². The third-order valence-electron chi connectivity index (χ3n) is 1.12. The van der Waals surface area contributed by atoms with Crippen LogP contribution in [0.1, 0.15) is 0 Å². The number of benzene rings is 1. The van der Waals surface area contributed by atoms with Gasteiger partial charge >= 0.3 is 6.41 Å². The molecule has 1 N–H and O–H groups in total. The first-order chi connectivity index (χ1) is 5.24. The molecule has 0 spiro atoms. The predicted molar refractivity (Wildman–Crippen MR) is 48.5 cm³/mol. The third kappa shape index (κ3) is 2.20. The monoisotopic (exact) mass is 232 g/mol. The summed E-state index contributed by atoms with van der Waals surface area (Å²) in [6, 6.07) is 5.17. The van der Waals surface area contributed by atoms with E-state index in [1.165, 1.54) is 0 Å². The normalized spacial score (nSPS) is 9.27. The lowest BCUT2D eigenvalue weighted by atomic mass is 10.3. The van der Waals surface area contributed by atoms with Crippen LogP contribution >= 0.6 is 27.5 Å². The Labute approximate surface area is 77.7 Å². The van der Waals surface area contributed by atoms with Crippen LogP contribution in [0.2, 0.25) is 5.02 Å².